The Morgan fingerprint density at radius 1 is 1.20 bits per heavy atom. The quantitative estimate of drug-likeness (QED) is 0.657. The van der Waals surface area contributed by atoms with Crippen molar-refractivity contribution in [2.75, 3.05) is 38.9 Å². The molecule has 1 aromatic rings. The molecule has 3 aliphatic rings. The van der Waals surface area contributed by atoms with Crippen molar-refractivity contribution in [3.8, 4) is 11.5 Å². The fourth-order valence-electron chi connectivity index (χ4n) is 4.05. The van der Waals surface area contributed by atoms with E-state index >= 15 is 0 Å². The third-order valence-electron chi connectivity index (χ3n) is 5.56. The van der Waals surface area contributed by atoms with Crippen LogP contribution in [0.4, 0.5) is 10.5 Å². The zero-order chi connectivity index (χ0) is 21.1. The molecule has 10 heteroatoms. The molecule has 4 rings (SSSR count). The summed E-state index contributed by atoms with van der Waals surface area (Å²) in [5, 5.41) is 15.7. The van der Waals surface area contributed by atoms with Gasteiger partial charge in [0.05, 0.1) is 44.4 Å². The number of hydrogen-bond donors (Lipinski definition) is 3. The molecule has 0 radical (unpaired) electrons. The number of benzene rings is 1. The smallest absolute Gasteiger partial charge is 0.322 e. The van der Waals surface area contributed by atoms with Gasteiger partial charge in [0.1, 0.15) is 6.10 Å². The number of carbonyl (C=O) groups excluding carboxylic acids is 2. The Bertz CT molecular complexity index is 790. The van der Waals surface area contributed by atoms with Gasteiger partial charge in [0.15, 0.2) is 11.5 Å². The SMILES string of the molecule is CNC(=O)C[C@H]1CC[C@H]2[C@@H](COC[C@H](O)CN2C(=O)Nc2ccc3c(c2)OCO3)O1. The highest BCUT2D eigenvalue weighted by Gasteiger charge is 2.40. The molecule has 3 N–H and O–H groups in total. The molecule has 10 nitrogen and oxygen atoms in total. The third kappa shape index (κ3) is 4.61. The van der Waals surface area contributed by atoms with Crippen LogP contribution in [-0.2, 0) is 14.3 Å². The van der Waals surface area contributed by atoms with Crippen LogP contribution < -0.4 is 20.1 Å². The largest absolute Gasteiger partial charge is 0.454 e. The zero-order valence-corrected chi connectivity index (χ0v) is 16.8. The van der Waals surface area contributed by atoms with E-state index in [2.05, 4.69) is 10.6 Å². The number of aliphatic hydroxyl groups is 1. The predicted molar refractivity (Wildman–Crippen MR) is 105 cm³/mol. The second-order valence-corrected chi connectivity index (χ2v) is 7.66. The molecule has 4 atom stereocenters. The van der Waals surface area contributed by atoms with E-state index in [0.717, 1.165) is 0 Å². The van der Waals surface area contributed by atoms with Crippen LogP contribution in [0.25, 0.3) is 0 Å². The van der Waals surface area contributed by atoms with E-state index in [9.17, 15) is 14.7 Å². The first-order valence-corrected chi connectivity index (χ1v) is 10.1. The van der Waals surface area contributed by atoms with Crippen LogP contribution in [0.5, 0.6) is 11.5 Å². The molecule has 0 spiro atoms. The van der Waals surface area contributed by atoms with Crippen LogP contribution in [-0.4, -0.2) is 79.9 Å². The molecule has 3 aliphatic heterocycles. The Hall–Kier alpha value is -2.56. The van der Waals surface area contributed by atoms with Gasteiger partial charge >= 0.3 is 6.03 Å². The fourth-order valence-corrected chi connectivity index (χ4v) is 4.05. The number of ether oxygens (including phenoxy) is 4. The third-order valence-corrected chi connectivity index (χ3v) is 5.56. The van der Waals surface area contributed by atoms with Crippen LogP contribution in [0, 0.1) is 0 Å². The van der Waals surface area contributed by atoms with E-state index in [4.69, 9.17) is 18.9 Å². The van der Waals surface area contributed by atoms with Crippen molar-refractivity contribution in [1.29, 1.82) is 0 Å². The molecular formula is C20H27N3O7. The molecule has 2 fully saturated rings. The van der Waals surface area contributed by atoms with Gasteiger partial charge in [0, 0.05) is 18.8 Å². The Balaban J connectivity index is 1.47. The lowest BCUT2D eigenvalue weighted by Gasteiger charge is -2.44. The molecule has 0 saturated carbocycles. The lowest BCUT2D eigenvalue weighted by atomic mass is 9.95. The first kappa shape index (κ1) is 20.7. The highest BCUT2D eigenvalue weighted by molar-refractivity contribution is 5.90. The number of carbonyl (C=O) groups is 2. The van der Waals surface area contributed by atoms with Crippen molar-refractivity contribution in [2.24, 2.45) is 0 Å². The van der Waals surface area contributed by atoms with Crippen molar-refractivity contribution in [3.05, 3.63) is 18.2 Å². The summed E-state index contributed by atoms with van der Waals surface area (Å²) in [6.07, 6.45) is 0.166. The lowest BCUT2D eigenvalue weighted by molar-refractivity contribution is -0.149. The molecule has 2 saturated heterocycles. The maximum atomic E-state index is 13.1. The highest BCUT2D eigenvalue weighted by Crippen LogP contribution is 2.34. The predicted octanol–water partition coefficient (Wildman–Crippen LogP) is 0.693. The fraction of sp³-hybridized carbons (Fsp3) is 0.600. The van der Waals surface area contributed by atoms with E-state index in [1.807, 2.05) is 0 Å². The van der Waals surface area contributed by atoms with Gasteiger partial charge in [-0.15, -0.1) is 0 Å². The summed E-state index contributed by atoms with van der Waals surface area (Å²) in [6, 6.07) is 4.58. The number of amides is 3. The molecule has 164 valence electrons. The number of hydrogen-bond acceptors (Lipinski definition) is 7. The molecule has 3 heterocycles. The zero-order valence-electron chi connectivity index (χ0n) is 16.8. The average molecular weight is 421 g/mol. The van der Waals surface area contributed by atoms with E-state index in [0.29, 0.717) is 30.0 Å². The Morgan fingerprint density at radius 3 is 2.87 bits per heavy atom. The van der Waals surface area contributed by atoms with Gasteiger partial charge in [-0.05, 0) is 25.0 Å². The number of aliphatic hydroxyl groups excluding tert-OH is 1. The summed E-state index contributed by atoms with van der Waals surface area (Å²) in [7, 11) is 1.59. The molecule has 0 bridgehead atoms. The van der Waals surface area contributed by atoms with Gasteiger partial charge in [-0.2, -0.15) is 0 Å². The van der Waals surface area contributed by atoms with Crippen LogP contribution in [0.15, 0.2) is 18.2 Å². The van der Waals surface area contributed by atoms with Gasteiger partial charge in [0.2, 0.25) is 12.7 Å². The summed E-state index contributed by atoms with van der Waals surface area (Å²) >= 11 is 0. The molecule has 0 aliphatic carbocycles. The Kier molecular flexibility index (Phi) is 6.26. The van der Waals surface area contributed by atoms with E-state index in [1.165, 1.54) is 0 Å². The van der Waals surface area contributed by atoms with Crippen molar-refractivity contribution < 1.29 is 33.6 Å². The maximum absolute atomic E-state index is 13.1. The van der Waals surface area contributed by atoms with Crippen LogP contribution in [0.3, 0.4) is 0 Å². The van der Waals surface area contributed by atoms with Crippen molar-refractivity contribution in [3.63, 3.8) is 0 Å². The molecule has 30 heavy (non-hydrogen) atoms. The van der Waals surface area contributed by atoms with E-state index < -0.39 is 6.10 Å². The van der Waals surface area contributed by atoms with Crippen LogP contribution in [0.2, 0.25) is 0 Å². The summed E-state index contributed by atoms with van der Waals surface area (Å²) in [4.78, 5) is 26.4. The second kappa shape index (κ2) is 9.07. The average Bonchev–Trinajstić information content (AvgIpc) is 3.19. The number of fused-ring (bicyclic) bond motifs is 2. The van der Waals surface area contributed by atoms with Gasteiger partial charge < -0.3 is 39.6 Å². The van der Waals surface area contributed by atoms with Gasteiger partial charge in [-0.3, -0.25) is 4.79 Å². The molecular weight excluding hydrogens is 394 g/mol. The summed E-state index contributed by atoms with van der Waals surface area (Å²) in [6.45, 7) is 0.644. The van der Waals surface area contributed by atoms with Crippen LogP contribution >= 0.6 is 0 Å². The van der Waals surface area contributed by atoms with Crippen molar-refractivity contribution in [1.82, 2.24) is 10.2 Å². The molecule has 0 aromatic heterocycles. The minimum Gasteiger partial charge on any atom is -0.454 e. The molecule has 1 aromatic carbocycles. The lowest BCUT2D eigenvalue weighted by Crippen LogP contribution is -2.58. The Morgan fingerprint density at radius 2 is 2.03 bits per heavy atom. The number of nitrogens with zero attached hydrogens (tertiary/aromatic N) is 1. The number of urea groups is 1. The molecule has 3 amide bonds. The maximum Gasteiger partial charge on any atom is 0.322 e. The Labute approximate surface area is 174 Å². The summed E-state index contributed by atoms with van der Waals surface area (Å²) in [5.41, 5.74) is 0.572. The number of β-amino-alcohol motifs (C(OH)–C–C–N with tert-alkyl or cyclic N) is 1. The first-order chi connectivity index (χ1) is 14.5. The van der Waals surface area contributed by atoms with E-state index in [1.54, 1.807) is 30.1 Å². The first-order valence-electron chi connectivity index (χ1n) is 10.1. The minimum atomic E-state index is -0.794. The standard InChI is InChI=1S/C20H27N3O7/c1-21-19(25)7-14-3-4-15-18(30-14)10-27-9-13(24)8-23(15)20(26)22-12-2-5-16-17(6-12)29-11-28-16/h2,5-6,13-15,18,24H,3-4,7-11H2,1H3,(H,21,25)(H,22,26)/t13-,14-,15+,18-/m1/s1. The summed E-state index contributed by atoms with van der Waals surface area (Å²) < 4.78 is 22.3. The monoisotopic (exact) mass is 421 g/mol. The minimum absolute atomic E-state index is 0.0851. The number of rotatable bonds is 3. The van der Waals surface area contributed by atoms with Gasteiger partial charge in [0.25, 0.3) is 0 Å². The second-order valence-electron chi connectivity index (χ2n) is 7.66. The number of nitrogens with one attached hydrogen (secondary N) is 2. The summed E-state index contributed by atoms with van der Waals surface area (Å²) in [5.74, 6) is 1.12. The van der Waals surface area contributed by atoms with Crippen LogP contribution in [0.1, 0.15) is 19.3 Å². The van der Waals surface area contributed by atoms with Crippen molar-refractivity contribution >= 4 is 17.6 Å². The van der Waals surface area contributed by atoms with E-state index in [-0.39, 0.29) is 63.2 Å². The van der Waals surface area contributed by atoms with Crippen molar-refractivity contribution in [2.45, 2.75) is 43.6 Å². The highest BCUT2D eigenvalue weighted by atomic mass is 16.7. The normalized spacial score (nSPS) is 28.1. The van der Waals surface area contributed by atoms with Gasteiger partial charge in [-0.25, -0.2) is 4.79 Å². The molecule has 0 unspecified atom stereocenters. The topological polar surface area (TPSA) is 119 Å². The van der Waals surface area contributed by atoms with Gasteiger partial charge in [-0.1, -0.05) is 0 Å². The number of anilines is 1.